The average Bonchev–Trinajstić information content (AvgIpc) is 3.08. The van der Waals surface area contributed by atoms with E-state index in [1.54, 1.807) is 7.05 Å². The van der Waals surface area contributed by atoms with Gasteiger partial charge >= 0.3 is 16.4 Å². The van der Waals surface area contributed by atoms with E-state index < -0.39 is 34.4 Å². The Labute approximate surface area is 153 Å². The van der Waals surface area contributed by atoms with Crippen LogP contribution in [0.15, 0.2) is 6.20 Å². The van der Waals surface area contributed by atoms with Crippen LogP contribution in [0.3, 0.4) is 0 Å². The number of nitrogens with two attached hydrogens (primary N) is 1. The normalized spacial score (nSPS) is 29.5. The molecule has 1 saturated heterocycles. The Morgan fingerprint density at radius 1 is 1.44 bits per heavy atom. The zero-order valence-electron chi connectivity index (χ0n) is 14.2. The summed E-state index contributed by atoms with van der Waals surface area (Å²) in [6.07, 6.45) is 2.62. The number of carbonyl (C=O) groups excluding carboxylic acids is 2. The lowest BCUT2D eigenvalue weighted by atomic mass is 9.90. The first-order chi connectivity index (χ1) is 12.7. The summed E-state index contributed by atoms with van der Waals surface area (Å²) in [6.45, 7) is -0.0198. The highest BCUT2D eigenvalue weighted by molar-refractivity contribution is 7.80. The van der Waals surface area contributed by atoms with Crippen molar-refractivity contribution in [2.75, 3.05) is 6.54 Å². The molecule has 0 spiro atoms. The standard InChI is InChI=1S/C13H18N6O7S/c1-17-10-6(4-15-17)8-5-18(13(21)19(8)26-27(22,23)24)11(10)12(20)16-25-9-3-2-7(9)14/h4,7-9,11H,2-3,5,14H2,1H3,(H,16,20)(H,22,23,24)/t7?,8-,9?,11-/m0/s1. The fraction of sp³-hybridized carbons (Fsp3) is 0.615. The van der Waals surface area contributed by atoms with Crippen molar-refractivity contribution in [2.45, 2.75) is 37.1 Å². The van der Waals surface area contributed by atoms with Crippen LogP contribution in [-0.4, -0.2) is 63.3 Å². The molecule has 4 atom stereocenters. The fourth-order valence-corrected chi connectivity index (χ4v) is 3.89. The Morgan fingerprint density at radius 2 is 2.19 bits per heavy atom. The van der Waals surface area contributed by atoms with Crippen molar-refractivity contribution in [3.8, 4) is 0 Å². The van der Waals surface area contributed by atoms with E-state index in [2.05, 4.69) is 14.9 Å². The topological polar surface area (TPSA) is 169 Å². The first-order valence-electron chi connectivity index (χ1n) is 8.17. The first-order valence-corrected chi connectivity index (χ1v) is 9.53. The third kappa shape index (κ3) is 2.94. The summed E-state index contributed by atoms with van der Waals surface area (Å²) < 4.78 is 37.0. The SMILES string of the molecule is Cn1ncc2c1[C@@H](C(=O)NOC1CCC1N)N1C[C@@H]2N(OS(=O)(=O)O)C1=O. The van der Waals surface area contributed by atoms with Gasteiger partial charge in [0.2, 0.25) is 0 Å². The second-order valence-corrected chi connectivity index (χ2v) is 7.66. The summed E-state index contributed by atoms with van der Waals surface area (Å²) in [4.78, 5) is 31.8. The van der Waals surface area contributed by atoms with Gasteiger partial charge in [-0.2, -0.15) is 18.6 Å². The molecule has 4 rings (SSSR count). The smallest absolute Gasteiger partial charge is 0.325 e. The second kappa shape index (κ2) is 6.13. The van der Waals surface area contributed by atoms with Crippen molar-refractivity contribution in [1.82, 2.24) is 25.2 Å². The van der Waals surface area contributed by atoms with Gasteiger partial charge in [0.05, 0.1) is 18.4 Å². The number of hydrogen-bond donors (Lipinski definition) is 3. The molecular weight excluding hydrogens is 384 g/mol. The van der Waals surface area contributed by atoms with E-state index in [-0.39, 0.29) is 18.7 Å². The van der Waals surface area contributed by atoms with E-state index in [4.69, 9.17) is 15.1 Å². The van der Waals surface area contributed by atoms with E-state index in [0.29, 0.717) is 22.7 Å². The lowest BCUT2D eigenvalue weighted by Gasteiger charge is -2.34. The number of aromatic nitrogens is 2. The molecule has 2 aliphatic heterocycles. The monoisotopic (exact) mass is 402 g/mol. The lowest BCUT2D eigenvalue weighted by molar-refractivity contribution is -0.149. The Bertz CT molecular complexity index is 901. The molecule has 27 heavy (non-hydrogen) atoms. The van der Waals surface area contributed by atoms with Crippen LogP contribution in [0.25, 0.3) is 0 Å². The molecule has 2 unspecified atom stereocenters. The molecule has 3 heterocycles. The molecule has 0 radical (unpaired) electrons. The van der Waals surface area contributed by atoms with E-state index in [0.717, 1.165) is 11.3 Å². The Hall–Kier alpha value is -2.26. The van der Waals surface area contributed by atoms with Gasteiger partial charge in [-0.25, -0.2) is 10.3 Å². The van der Waals surface area contributed by atoms with E-state index in [1.165, 1.54) is 10.9 Å². The molecule has 14 heteroatoms. The van der Waals surface area contributed by atoms with Crippen molar-refractivity contribution >= 4 is 22.3 Å². The highest BCUT2D eigenvalue weighted by Gasteiger charge is 2.54. The molecule has 1 aromatic heterocycles. The number of hydroxylamine groups is 3. The number of fused-ring (bicyclic) bond motifs is 4. The highest BCUT2D eigenvalue weighted by atomic mass is 32.3. The fourth-order valence-electron chi connectivity index (χ4n) is 3.52. The van der Waals surface area contributed by atoms with Crippen molar-refractivity contribution in [1.29, 1.82) is 0 Å². The van der Waals surface area contributed by atoms with Crippen LogP contribution in [-0.2, 0) is 31.4 Å². The minimum atomic E-state index is -4.92. The van der Waals surface area contributed by atoms with Crippen LogP contribution in [0.1, 0.15) is 36.2 Å². The summed E-state index contributed by atoms with van der Waals surface area (Å²) in [5.41, 5.74) is 8.92. The second-order valence-electron chi connectivity index (χ2n) is 6.65. The van der Waals surface area contributed by atoms with Crippen molar-refractivity contribution < 1.29 is 31.7 Å². The number of nitrogens with one attached hydrogen (secondary N) is 1. The van der Waals surface area contributed by atoms with Gasteiger partial charge < -0.3 is 10.6 Å². The van der Waals surface area contributed by atoms with Crippen LogP contribution in [0.4, 0.5) is 4.79 Å². The van der Waals surface area contributed by atoms with E-state index >= 15 is 0 Å². The van der Waals surface area contributed by atoms with Gasteiger partial charge in [-0.15, -0.1) is 4.28 Å². The van der Waals surface area contributed by atoms with Crippen LogP contribution in [0, 0.1) is 0 Å². The van der Waals surface area contributed by atoms with Gasteiger partial charge in [-0.3, -0.25) is 18.9 Å². The van der Waals surface area contributed by atoms with Crippen LogP contribution in [0.2, 0.25) is 0 Å². The third-order valence-corrected chi connectivity index (χ3v) is 5.38. The Balaban J connectivity index is 1.62. The van der Waals surface area contributed by atoms with Gasteiger partial charge in [0.1, 0.15) is 12.1 Å². The minimum absolute atomic E-state index is 0.0198. The predicted octanol–water partition coefficient (Wildman–Crippen LogP) is -1.47. The number of nitrogens with zero attached hydrogens (tertiary/aromatic N) is 4. The summed E-state index contributed by atoms with van der Waals surface area (Å²) >= 11 is 0. The van der Waals surface area contributed by atoms with E-state index in [1.807, 2.05) is 0 Å². The lowest BCUT2D eigenvalue weighted by Crippen LogP contribution is -2.51. The highest BCUT2D eigenvalue weighted by Crippen LogP contribution is 2.44. The maximum atomic E-state index is 12.7. The summed E-state index contributed by atoms with van der Waals surface area (Å²) in [5.74, 6) is -0.626. The molecule has 2 bridgehead atoms. The molecule has 13 nitrogen and oxygen atoms in total. The van der Waals surface area contributed by atoms with E-state index in [9.17, 15) is 18.0 Å². The van der Waals surface area contributed by atoms with Crippen LogP contribution in [0.5, 0.6) is 0 Å². The molecule has 2 fully saturated rings. The predicted molar refractivity (Wildman–Crippen MR) is 85.5 cm³/mol. The molecule has 0 aromatic carbocycles. The number of aryl methyl sites for hydroxylation is 1. The van der Waals surface area contributed by atoms with Crippen molar-refractivity contribution in [3.63, 3.8) is 0 Å². The largest absolute Gasteiger partial charge is 0.418 e. The molecular formula is C13H18N6O7S. The average molecular weight is 402 g/mol. The van der Waals surface area contributed by atoms with Gasteiger partial charge in [0.25, 0.3) is 5.91 Å². The maximum Gasteiger partial charge on any atom is 0.418 e. The van der Waals surface area contributed by atoms with Gasteiger partial charge in [-0.05, 0) is 12.8 Å². The number of rotatable bonds is 5. The number of hydrogen-bond acceptors (Lipinski definition) is 8. The zero-order chi connectivity index (χ0) is 19.5. The van der Waals surface area contributed by atoms with Gasteiger partial charge in [-0.1, -0.05) is 0 Å². The Morgan fingerprint density at radius 3 is 2.78 bits per heavy atom. The molecule has 4 N–H and O–H groups in total. The summed E-state index contributed by atoms with van der Waals surface area (Å²) in [6, 6.07) is -3.00. The summed E-state index contributed by atoms with van der Waals surface area (Å²) in [5, 5.41) is 4.60. The summed E-state index contributed by atoms with van der Waals surface area (Å²) in [7, 11) is -3.33. The minimum Gasteiger partial charge on any atom is -0.325 e. The van der Waals surface area contributed by atoms with Crippen LogP contribution < -0.4 is 11.2 Å². The molecule has 148 valence electrons. The quantitative estimate of drug-likeness (QED) is 0.393. The zero-order valence-corrected chi connectivity index (χ0v) is 15.0. The third-order valence-electron chi connectivity index (χ3n) is 5.03. The molecule has 3 amide bonds. The molecule has 1 aliphatic carbocycles. The number of carbonyl (C=O) groups is 2. The van der Waals surface area contributed by atoms with Gasteiger partial charge in [0.15, 0.2) is 6.04 Å². The van der Waals surface area contributed by atoms with Crippen molar-refractivity contribution in [3.05, 3.63) is 17.5 Å². The Kier molecular flexibility index (Phi) is 4.12. The van der Waals surface area contributed by atoms with Gasteiger partial charge in [0, 0.05) is 18.7 Å². The molecule has 1 saturated carbocycles. The number of urea groups is 1. The van der Waals surface area contributed by atoms with Crippen molar-refractivity contribution in [2.24, 2.45) is 12.8 Å². The van der Waals surface area contributed by atoms with Crippen LogP contribution >= 0.6 is 0 Å². The maximum absolute atomic E-state index is 12.7. The molecule has 1 aromatic rings. The first kappa shape index (κ1) is 18.1. The number of amides is 3. The molecule has 3 aliphatic rings.